The van der Waals surface area contributed by atoms with Gasteiger partial charge in [-0.3, -0.25) is 14.3 Å². The second-order valence-corrected chi connectivity index (χ2v) is 7.11. The lowest BCUT2D eigenvalue weighted by atomic mass is 10.1. The van der Waals surface area contributed by atoms with Crippen LogP contribution in [0.4, 0.5) is 0 Å². The Labute approximate surface area is 161 Å². The molecule has 0 bridgehead atoms. The van der Waals surface area contributed by atoms with E-state index < -0.39 is 29.7 Å². The SMILES string of the molecule is Cc1cn([C@H]2CC(O)[C@@H](COCc3ccc4ccccc4c3)O2)c(=O)[nH]c1=O. The molecule has 0 aliphatic carbocycles. The van der Waals surface area contributed by atoms with E-state index in [0.29, 0.717) is 12.2 Å². The first-order valence-electron chi connectivity index (χ1n) is 9.22. The lowest BCUT2D eigenvalue weighted by Gasteiger charge is -2.16. The molecule has 0 saturated carbocycles. The minimum absolute atomic E-state index is 0.210. The number of fused-ring (bicyclic) bond motifs is 1. The van der Waals surface area contributed by atoms with E-state index in [-0.39, 0.29) is 13.0 Å². The monoisotopic (exact) mass is 382 g/mol. The maximum atomic E-state index is 12.0. The summed E-state index contributed by atoms with van der Waals surface area (Å²) in [6.45, 7) is 2.23. The summed E-state index contributed by atoms with van der Waals surface area (Å²) in [4.78, 5) is 25.8. The van der Waals surface area contributed by atoms with E-state index in [0.717, 1.165) is 10.9 Å². The summed E-state index contributed by atoms with van der Waals surface area (Å²) in [5, 5.41) is 12.6. The Hall–Kier alpha value is -2.74. The summed E-state index contributed by atoms with van der Waals surface area (Å²) in [7, 11) is 0. The molecule has 2 heterocycles. The molecule has 1 aliphatic rings. The molecular weight excluding hydrogens is 360 g/mol. The van der Waals surface area contributed by atoms with Crippen LogP contribution in [-0.2, 0) is 16.1 Å². The van der Waals surface area contributed by atoms with E-state index in [1.165, 1.54) is 16.2 Å². The molecule has 146 valence electrons. The van der Waals surface area contributed by atoms with E-state index in [4.69, 9.17) is 9.47 Å². The van der Waals surface area contributed by atoms with Crippen LogP contribution in [0.25, 0.3) is 10.8 Å². The standard InChI is InChI=1S/C21H22N2O5/c1-13-10-23(21(26)22-20(13)25)19-9-17(24)18(28-19)12-27-11-14-6-7-15-4-2-3-5-16(15)8-14/h2-8,10,17-19,24H,9,11-12H2,1H3,(H,22,25,26)/t17?,18-,19-/m1/s1. The third-order valence-corrected chi connectivity index (χ3v) is 5.03. The molecule has 1 aromatic heterocycles. The zero-order chi connectivity index (χ0) is 19.7. The highest BCUT2D eigenvalue weighted by atomic mass is 16.6. The van der Waals surface area contributed by atoms with E-state index in [1.807, 2.05) is 18.2 Å². The van der Waals surface area contributed by atoms with Crippen molar-refractivity contribution in [1.82, 2.24) is 9.55 Å². The van der Waals surface area contributed by atoms with Crippen molar-refractivity contribution in [1.29, 1.82) is 0 Å². The first-order valence-corrected chi connectivity index (χ1v) is 9.22. The first-order chi connectivity index (χ1) is 13.5. The number of aromatic nitrogens is 2. The molecule has 7 heteroatoms. The molecule has 1 aliphatic heterocycles. The van der Waals surface area contributed by atoms with Gasteiger partial charge in [-0.25, -0.2) is 4.79 Å². The van der Waals surface area contributed by atoms with Gasteiger partial charge in [0.1, 0.15) is 12.3 Å². The second-order valence-electron chi connectivity index (χ2n) is 7.11. The summed E-state index contributed by atoms with van der Waals surface area (Å²) in [5.74, 6) is 0. The van der Waals surface area contributed by atoms with Gasteiger partial charge >= 0.3 is 5.69 Å². The maximum absolute atomic E-state index is 12.0. The van der Waals surface area contributed by atoms with Crippen LogP contribution in [0.5, 0.6) is 0 Å². The fraction of sp³-hybridized carbons (Fsp3) is 0.333. The highest BCUT2D eigenvalue weighted by Crippen LogP contribution is 2.28. The molecule has 2 aromatic carbocycles. The van der Waals surface area contributed by atoms with Gasteiger partial charge in [-0.05, 0) is 29.3 Å². The van der Waals surface area contributed by atoms with Crippen LogP contribution in [-0.4, -0.2) is 33.5 Å². The van der Waals surface area contributed by atoms with Gasteiger partial charge in [-0.1, -0.05) is 36.4 Å². The molecule has 4 rings (SSSR count). The number of aryl methyl sites for hydroxylation is 1. The number of rotatable bonds is 5. The van der Waals surface area contributed by atoms with Crippen LogP contribution in [0.2, 0.25) is 0 Å². The van der Waals surface area contributed by atoms with Gasteiger partial charge in [0.2, 0.25) is 0 Å². The lowest BCUT2D eigenvalue weighted by molar-refractivity contribution is -0.0667. The number of nitrogens with one attached hydrogen (secondary N) is 1. The van der Waals surface area contributed by atoms with Crippen molar-refractivity contribution in [3.8, 4) is 0 Å². The highest BCUT2D eigenvalue weighted by Gasteiger charge is 2.35. The molecule has 3 aromatic rings. The Balaban J connectivity index is 1.38. The lowest BCUT2D eigenvalue weighted by Crippen LogP contribution is -2.33. The second kappa shape index (κ2) is 7.71. The van der Waals surface area contributed by atoms with Gasteiger partial charge in [-0.15, -0.1) is 0 Å². The van der Waals surface area contributed by atoms with Gasteiger partial charge in [0, 0.05) is 18.2 Å². The van der Waals surface area contributed by atoms with E-state index in [9.17, 15) is 14.7 Å². The predicted octanol–water partition coefficient (Wildman–Crippen LogP) is 1.86. The summed E-state index contributed by atoms with van der Waals surface area (Å²) in [6.07, 6.45) is -0.204. The van der Waals surface area contributed by atoms with Crippen LogP contribution in [0.15, 0.2) is 58.3 Å². The Morgan fingerprint density at radius 1 is 1.21 bits per heavy atom. The molecular formula is C21H22N2O5. The number of hydrogen-bond acceptors (Lipinski definition) is 5. The normalized spacial score (nSPS) is 22.0. The zero-order valence-corrected chi connectivity index (χ0v) is 15.5. The molecule has 3 atom stereocenters. The Morgan fingerprint density at radius 3 is 2.82 bits per heavy atom. The molecule has 1 saturated heterocycles. The number of hydrogen-bond donors (Lipinski definition) is 2. The van der Waals surface area contributed by atoms with Crippen molar-refractivity contribution >= 4 is 10.8 Å². The minimum Gasteiger partial charge on any atom is -0.390 e. The molecule has 1 fully saturated rings. The molecule has 28 heavy (non-hydrogen) atoms. The van der Waals surface area contributed by atoms with Crippen LogP contribution < -0.4 is 11.2 Å². The first kappa shape index (κ1) is 18.6. The van der Waals surface area contributed by atoms with Crippen molar-refractivity contribution in [3.63, 3.8) is 0 Å². The number of benzene rings is 2. The third-order valence-electron chi connectivity index (χ3n) is 5.03. The van der Waals surface area contributed by atoms with Crippen LogP contribution >= 0.6 is 0 Å². The van der Waals surface area contributed by atoms with Crippen molar-refractivity contribution in [2.45, 2.75) is 38.4 Å². The summed E-state index contributed by atoms with van der Waals surface area (Å²) in [6, 6.07) is 14.3. The number of H-pyrrole nitrogens is 1. The zero-order valence-electron chi connectivity index (χ0n) is 15.5. The van der Waals surface area contributed by atoms with Gasteiger partial charge in [0.05, 0.1) is 19.3 Å². The van der Waals surface area contributed by atoms with Gasteiger partial charge in [0.15, 0.2) is 0 Å². The maximum Gasteiger partial charge on any atom is 0.330 e. The molecule has 0 spiro atoms. The minimum atomic E-state index is -0.749. The van der Waals surface area contributed by atoms with Crippen molar-refractivity contribution < 1.29 is 14.6 Å². The Bertz CT molecular complexity index is 1100. The van der Waals surface area contributed by atoms with E-state index >= 15 is 0 Å². The number of aromatic amines is 1. The van der Waals surface area contributed by atoms with E-state index in [1.54, 1.807) is 6.92 Å². The summed E-state index contributed by atoms with van der Waals surface area (Å²) < 4.78 is 12.9. The van der Waals surface area contributed by atoms with Gasteiger partial charge in [0.25, 0.3) is 5.56 Å². The fourth-order valence-electron chi connectivity index (χ4n) is 3.46. The Morgan fingerprint density at radius 2 is 2.00 bits per heavy atom. The molecule has 7 nitrogen and oxygen atoms in total. The number of aliphatic hydroxyl groups is 1. The predicted molar refractivity (Wildman–Crippen MR) is 104 cm³/mol. The van der Waals surface area contributed by atoms with Gasteiger partial charge < -0.3 is 14.6 Å². The quantitative estimate of drug-likeness (QED) is 0.703. The van der Waals surface area contributed by atoms with Crippen molar-refractivity contribution in [2.24, 2.45) is 0 Å². The average Bonchev–Trinajstić information content (AvgIpc) is 3.05. The molecule has 0 amide bonds. The van der Waals surface area contributed by atoms with E-state index in [2.05, 4.69) is 29.2 Å². The molecule has 2 N–H and O–H groups in total. The van der Waals surface area contributed by atoms with Crippen molar-refractivity contribution in [3.05, 3.63) is 80.6 Å². The van der Waals surface area contributed by atoms with Gasteiger partial charge in [-0.2, -0.15) is 0 Å². The number of ether oxygens (including phenoxy) is 2. The van der Waals surface area contributed by atoms with Crippen LogP contribution in [0, 0.1) is 6.92 Å². The third kappa shape index (κ3) is 3.77. The topological polar surface area (TPSA) is 93.6 Å². The summed E-state index contributed by atoms with van der Waals surface area (Å²) >= 11 is 0. The largest absolute Gasteiger partial charge is 0.390 e. The Kier molecular flexibility index (Phi) is 5.13. The highest BCUT2D eigenvalue weighted by molar-refractivity contribution is 5.82. The number of nitrogens with zero attached hydrogens (tertiary/aromatic N) is 1. The smallest absolute Gasteiger partial charge is 0.330 e. The fourth-order valence-corrected chi connectivity index (χ4v) is 3.46. The molecule has 0 radical (unpaired) electrons. The van der Waals surface area contributed by atoms with Crippen LogP contribution in [0.1, 0.15) is 23.8 Å². The van der Waals surface area contributed by atoms with Crippen molar-refractivity contribution in [2.75, 3.05) is 6.61 Å². The summed E-state index contributed by atoms with van der Waals surface area (Å²) in [5.41, 5.74) is 0.476. The average molecular weight is 382 g/mol. The molecule has 1 unspecified atom stereocenters. The van der Waals surface area contributed by atoms with Crippen LogP contribution in [0.3, 0.4) is 0 Å². The number of aliphatic hydroxyl groups excluding tert-OH is 1.